The first-order valence-electron chi connectivity index (χ1n) is 5.84. The Morgan fingerprint density at radius 1 is 1.38 bits per heavy atom. The van der Waals surface area contributed by atoms with Crippen LogP contribution in [0.25, 0.3) is 0 Å². The van der Waals surface area contributed by atoms with E-state index in [-0.39, 0.29) is 29.9 Å². The minimum Gasteiger partial charge on any atom is -0.327 e. The molecule has 2 atom stereocenters. The zero-order chi connectivity index (χ0) is 12.3. The maximum absolute atomic E-state index is 11.8. The third kappa shape index (κ3) is 3.28. The molecule has 0 aromatic carbocycles. The monoisotopic (exact) mass is 247 g/mol. The van der Waals surface area contributed by atoms with Crippen LogP contribution in [0, 0.1) is 5.92 Å². The van der Waals surface area contributed by atoms with Gasteiger partial charge in [0.1, 0.15) is 5.78 Å². The van der Waals surface area contributed by atoms with E-state index < -0.39 is 15.1 Å². The summed E-state index contributed by atoms with van der Waals surface area (Å²) in [6, 6.07) is -0.0609. The van der Waals surface area contributed by atoms with Crippen LogP contribution in [0.3, 0.4) is 0 Å². The van der Waals surface area contributed by atoms with Gasteiger partial charge in [-0.05, 0) is 26.7 Å². The lowest BCUT2D eigenvalue weighted by atomic mass is 9.97. The van der Waals surface area contributed by atoms with Crippen LogP contribution in [0.15, 0.2) is 0 Å². The first kappa shape index (κ1) is 13.6. The Balaban J connectivity index is 2.47. The van der Waals surface area contributed by atoms with Crippen LogP contribution < -0.4 is 5.73 Å². The van der Waals surface area contributed by atoms with Crippen molar-refractivity contribution >= 4 is 15.6 Å². The van der Waals surface area contributed by atoms with Gasteiger partial charge in [-0.1, -0.05) is 6.42 Å². The minimum atomic E-state index is -3.10. The molecule has 0 spiro atoms. The highest BCUT2D eigenvalue weighted by atomic mass is 32.2. The molecule has 5 heteroatoms. The molecule has 1 rings (SSSR count). The number of hydrogen-bond donors (Lipinski definition) is 1. The highest BCUT2D eigenvalue weighted by Crippen LogP contribution is 2.25. The highest BCUT2D eigenvalue weighted by molar-refractivity contribution is 7.91. The number of Topliss-reactive ketones (excluding diaryl/α,β-unsaturated/α-hetero) is 1. The van der Waals surface area contributed by atoms with Crippen LogP contribution in [0.5, 0.6) is 0 Å². The van der Waals surface area contributed by atoms with Gasteiger partial charge in [-0.2, -0.15) is 0 Å². The second-order valence-corrected chi connectivity index (χ2v) is 7.51. The third-order valence-corrected chi connectivity index (χ3v) is 5.54. The zero-order valence-electron chi connectivity index (χ0n) is 9.98. The van der Waals surface area contributed by atoms with Crippen LogP contribution in [0.2, 0.25) is 0 Å². The lowest BCUT2D eigenvalue weighted by Gasteiger charge is -2.14. The predicted molar refractivity (Wildman–Crippen MR) is 63.9 cm³/mol. The summed E-state index contributed by atoms with van der Waals surface area (Å²) in [5.41, 5.74) is 5.81. The second kappa shape index (κ2) is 5.27. The Morgan fingerprint density at radius 2 is 2.00 bits per heavy atom. The Morgan fingerprint density at radius 3 is 2.44 bits per heavy atom. The fourth-order valence-electron chi connectivity index (χ4n) is 2.05. The van der Waals surface area contributed by atoms with Gasteiger partial charge in [-0.3, -0.25) is 4.79 Å². The van der Waals surface area contributed by atoms with E-state index >= 15 is 0 Å². The number of nitrogens with two attached hydrogens (primary N) is 1. The molecule has 0 bridgehead atoms. The number of ketones is 1. The van der Waals surface area contributed by atoms with Gasteiger partial charge < -0.3 is 5.73 Å². The molecule has 1 fully saturated rings. The van der Waals surface area contributed by atoms with E-state index in [1.165, 1.54) is 0 Å². The van der Waals surface area contributed by atoms with Gasteiger partial charge in [-0.15, -0.1) is 0 Å². The summed E-state index contributed by atoms with van der Waals surface area (Å²) < 4.78 is 23.1. The van der Waals surface area contributed by atoms with E-state index in [4.69, 9.17) is 5.73 Å². The van der Waals surface area contributed by atoms with E-state index in [1.807, 2.05) is 0 Å². The first-order chi connectivity index (χ1) is 7.34. The van der Waals surface area contributed by atoms with Gasteiger partial charge in [-0.25, -0.2) is 8.42 Å². The van der Waals surface area contributed by atoms with Crippen molar-refractivity contribution in [3.63, 3.8) is 0 Å². The summed E-state index contributed by atoms with van der Waals surface area (Å²) >= 11 is 0. The predicted octanol–water partition coefficient (Wildman–Crippen LogP) is 0.896. The molecule has 94 valence electrons. The van der Waals surface area contributed by atoms with E-state index in [1.54, 1.807) is 13.8 Å². The Hall–Kier alpha value is -0.420. The largest absolute Gasteiger partial charge is 0.327 e. The molecule has 0 aromatic heterocycles. The molecule has 0 radical (unpaired) electrons. The smallest absolute Gasteiger partial charge is 0.153 e. The molecule has 0 aromatic rings. The van der Waals surface area contributed by atoms with Gasteiger partial charge in [0.05, 0.1) is 11.0 Å². The highest BCUT2D eigenvalue weighted by Gasteiger charge is 2.30. The maximum atomic E-state index is 11.8. The average molecular weight is 247 g/mol. The molecule has 16 heavy (non-hydrogen) atoms. The molecule has 1 saturated carbocycles. The number of carbonyl (C=O) groups excluding carboxylic acids is 1. The number of rotatable bonds is 5. The summed E-state index contributed by atoms with van der Waals surface area (Å²) in [6.07, 6.45) is 2.81. The van der Waals surface area contributed by atoms with Crippen LogP contribution in [0.4, 0.5) is 0 Å². The molecule has 2 N–H and O–H groups in total. The average Bonchev–Trinajstić information content (AvgIpc) is 2.61. The molecule has 2 unspecified atom stereocenters. The normalized spacial score (nSPS) is 26.2. The number of carbonyl (C=O) groups is 1. The number of hydrogen-bond acceptors (Lipinski definition) is 4. The summed E-state index contributed by atoms with van der Waals surface area (Å²) in [5.74, 6) is -0.121. The molecular weight excluding hydrogens is 226 g/mol. The van der Waals surface area contributed by atoms with Gasteiger partial charge in [0.25, 0.3) is 0 Å². The van der Waals surface area contributed by atoms with Crippen molar-refractivity contribution < 1.29 is 13.2 Å². The van der Waals surface area contributed by atoms with Crippen molar-refractivity contribution in [1.29, 1.82) is 0 Å². The number of sulfone groups is 1. The van der Waals surface area contributed by atoms with Crippen LogP contribution >= 0.6 is 0 Å². The fraction of sp³-hybridized carbons (Fsp3) is 0.909. The molecule has 0 amide bonds. The lowest BCUT2D eigenvalue weighted by molar-refractivity contribution is -0.122. The van der Waals surface area contributed by atoms with Crippen LogP contribution in [-0.2, 0) is 14.6 Å². The van der Waals surface area contributed by atoms with Gasteiger partial charge >= 0.3 is 0 Å². The molecule has 0 saturated heterocycles. The van der Waals surface area contributed by atoms with E-state index in [0.717, 1.165) is 19.3 Å². The van der Waals surface area contributed by atoms with Gasteiger partial charge in [0, 0.05) is 18.4 Å². The van der Waals surface area contributed by atoms with E-state index in [2.05, 4.69) is 0 Å². The molecule has 0 aliphatic heterocycles. The third-order valence-electron chi connectivity index (χ3n) is 3.33. The SMILES string of the molecule is CC(C)S(=O)(=O)CCC(=O)C1CCCC1N. The Labute approximate surface area is 97.5 Å². The molecule has 4 nitrogen and oxygen atoms in total. The standard InChI is InChI=1S/C11H21NO3S/c1-8(2)16(14,15)7-6-11(13)9-4-3-5-10(9)12/h8-10H,3-7,12H2,1-2H3. The Kier molecular flexibility index (Phi) is 4.50. The van der Waals surface area contributed by atoms with Gasteiger partial charge in [0.2, 0.25) is 0 Å². The Bertz CT molecular complexity index is 348. The van der Waals surface area contributed by atoms with Crippen LogP contribution in [0.1, 0.15) is 39.5 Å². The molecular formula is C11H21NO3S. The summed E-state index contributed by atoms with van der Waals surface area (Å²) in [5, 5.41) is -0.405. The van der Waals surface area contributed by atoms with Crippen molar-refractivity contribution in [2.24, 2.45) is 11.7 Å². The van der Waals surface area contributed by atoms with Gasteiger partial charge in [0.15, 0.2) is 9.84 Å². The van der Waals surface area contributed by atoms with Crippen molar-refractivity contribution in [3.05, 3.63) is 0 Å². The van der Waals surface area contributed by atoms with Crippen molar-refractivity contribution in [3.8, 4) is 0 Å². The quantitative estimate of drug-likeness (QED) is 0.783. The van der Waals surface area contributed by atoms with Crippen molar-refractivity contribution in [2.75, 3.05) is 5.75 Å². The van der Waals surface area contributed by atoms with Crippen LogP contribution in [-0.4, -0.2) is 31.2 Å². The summed E-state index contributed by atoms with van der Waals surface area (Å²) in [6.45, 7) is 3.28. The summed E-state index contributed by atoms with van der Waals surface area (Å²) in [4.78, 5) is 11.8. The van der Waals surface area contributed by atoms with E-state index in [0.29, 0.717) is 0 Å². The lowest BCUT2D eigenvalue weighted by Crippen LogP contribution is -2.32. The van der Waals surface area contributed by atoms with E-state index in [9.17, 15) is 13.2 Å². The summed E-state index contributed by atoms with van der Waals surface area (Å²) in [7, 11) is -3.10. The minimum absolute atomic E-state index is 0.0224. The second-order valence-electron chi connectivity index (χ2n) is 4.83. The van der Waals surface area contributed by atoms with Crippen molar-refractivity contribution in [2.45, 2.75) is 50.8 Å². The molecule has 1 aliphatic rings. The van der Waals surface area contributed by atoms with Crippen molar-refractivity contribution in [1.82, 2.24) is 0 Å². The molecule has 1 aliphatic carbocycles. The maximum Gasteiger partial charge on any atom is 0.153 e. The topological polar surface area (TPSA) is 77.2 Å². The fourth-order valence-corrected chi connectivity index (χ4v) is 3.01. The molecule has 0 heterocycles. The zero-order valence-corrected chi connectivity index (χ0v) is 10.8. The first-order valence-corrected chi connectivity index (χ1v) is 7.56.